The maximum Gasteiger partial charge on any atom is 0.273 e. The number of piperazine rings is 1. The van der Waals surface area contributed by atoms with Crippen molar-refractivity contribution in [2.75, 3.05) is 32.8 Å². The normalized spacial score (nSPS) is 20.9. The van der Waals surface area contributed by atoms with E-state index in [1.807, 2.05) is 0 Å². The first-order chi connectivity index (χ1) is 12.0. The largest absolute Gasteiger partial charge is 0.369 e. The molecule has 2 saturated heterocycles. The molecule has 2 fully saturated rings. The third-order valence-corrected chi connectivity index (χ3v) is 5.00. The van der Waals surface area contributed by atoms with Crippen LogP contribution < -0.4 is 0 Å². The Morgan fingerprint density at radius 1 is 1.32 bits per heavy atom. The van der Waals surface area contributed by atoms with Gasteiger partial charge in [0.25, 0.3) is 5.91 Å². The number of morpholine rings is 1. The van der Waals surface area contributed by atoms with Crippen LogP contribution in [0.15, 0.2) is 12.1 Å². The maximum absolute atomic E-state index is 14.7. The molecule has 2 aliphatic heterocycles. The second-order valence-electron chi connectivity index (χ2n) is 6.11. The minimum absolute atomic E-state index is 0.0468. The molecule has 132 valence electrons. The maximum atomic E-state index is 14.7. The zero-order valence-electron chi connectivity index (χ0n) is 13.0. The van der Waals surface area contributed by atoms with Gasteiger partial charge in [-0.2, -0.15) is 0 Å². The number of aromatic amines is 1. The van der Waals surface area contributed by atoms with Gasteiger partial charge in [-0.25, -0.2) is 8.78 Å². The molecular weight excluding hydrogens is 356 g/mol. The molecular formula is C16H14ClF2N3O3. The van der Waals surface area contributed by atoms with Gasteiger partial charge in [-0.05, 0) is 12.1 Å². The van der Waals surface area contributed by atoms with Gasteiger partial charge in [-0.3, -0.25) is 9.59 Å². The van der Waals surface area contributed by atoms with Gasteiger partial charge in [-0.1, -0.05) is 11.6 Å². The van der Waals surface area contributed by atoms with E-state index in [-0.39, 0.29) is 53.3 Å². The fourth-order valence-electron chi connectivity index (χ4n) is 3.37. The van der Waals surface area contributed by atoms with Crippen LogP contribution in [0.1, 0.15) is 10.5 Å². The van der Waals surface area contributed by atoms with Gasteiger partial charge in [-0.15, -0.1) is 0 Å². The summed E-state index contributed by atoms with van der Waals surface area (Å²) in [6, 6.07) is 2.20. The summed E-state index contributed by atoms with van der Waals surface area (Å²) in [7, 11) is 0. The van der Waals surface area contributed by atoms with Crippen LogP contribution in [-0.4, -0.2) is 65.5 Å². The number of hydrogen-bond donors (Lipinski definition) is 1. The molecule has 1 unspecified atom stereocenters. The highest BCUT2D eigenvalue weighted by Crippen LogP contribution is 2.31. The molecule has 4 rings (SSSR count). The molecule has 1 aromatic heterocycles. The van der Waals surface area contributed by atoms with Crippen molar-refractivity contribution in [2.24, 2.45) is 0 Å². The summed E-state index contributed by atoms with van der Waals surface area (Å²) in [5.41, 5.74) is -0.0129. The number of rotatable bonds is 1. The van der Waals surface area contributed by atoms with Crippen molar-refractivity contribution < 1.29 is 23.1 Å². The number of H-pyrrole nitrogens is 1. The summed E-state index contributed by atoms with van der Waals surface area (Å²) in [6.45, 7) is 1.29. The van der Waals surface area contributed by atoms with E-state index in [0.29, 0.717) is 13.2 Å². The number of hydrogen-bond acceptors (Lipinski definition) is 3. The van der Waals surface area contributed by atoms with Crippen molar-refractivity contribution in [1.29, 1.82) is 0 Å². The standard InChI is InChI=1S/C16H14ClF2N3O3/c17-13-9(18)1-2-10-12(13)14(19)15(20-10)16(24)21-3-4-22-8(5-21)6-25-7-11(22)23/h1-2,8,20H,3-7H2. The lowest BCUT2D eigenvalue weighted by Crippen LogP contribution is -2.61. The zero-order valence-corrected chi connectivity index (χ0v) is 13.8. The van der Waals surface area contributed by atoms with E-state index in [9.17, 15) is 18.4 Å². The number of amides is 2. The third kappa shape index (κ3) is 2.56. The lowest BCUT2D eigenvalue weighted by Gasteiger charge is -2.43. The van der Waals surface area contributed by atoms with E-state index < -0.39 is 17.5 Å². The second-order valence-corrected chi connectivity index (χ2v) is 6.48. The van der Waals surface area contributed by atoms with E-state index in [1.54, 1.807) is 4.90 Å². The van der Waals surface area contributed by atoms with Crippen molar-refractivity contribution in [3.05, 3.63) is 34.5 Å². The predicted molar refractivity (Wildman–Crippen MR) is 85.4 cm³/mol. The molecule has 1 atom stereocenters. The number of nitrogens with one attached hydrogen (secondary N) is 1. The lowest BCUT2D eigenvalue weighted by molar-refractivity contribution is -0.151. The molecule has 25 heavy (non-hydrogen) atoms. The Labute approximate surface area is 146 Å². The minimum Gasteiger partial charge on any atom is -0.369 e. The van der Waals surface area contributed by atoms with Gasteiger partial charge >= 0.3 is 0 Å². The Balaban J connectivity index is 1.63. The predicted octanol–water partition coefficient (Wildman–Crippen LogP) is 1.78. The average molecular weight is 370 g/mol. The number of benzene rings is 1. The van der Waals surface area contributed by atoms with Gasteiger partial charge in [0.05, 0.1) is 28.6 Å². The van der Waals surface area contributed by atoms with Gasteiger partial charge in [0.15, 0.2) is 5.82 Å². The first kappa shape index (κ1) is 16.3. The summed E-state index contributed by atoms with van der Waals surface area (Å²) >= 11 is 5.82. The number of carbonyl (C=O) groups excluding carboxylic acids is 2. The van der Waals surface area contributed by atoms with Crippen molar-refractivity contribution >= 4 is 34.3 Å². The van der Waals surface area contributed by atoms with Crippen molar-refractivity contribution in [3.8, 4) is 0 Å². The Hall–Kier alpha value is -2.19. The van der Waals surface area contributed by atoms with Gasteiger partial charge < -0.3 is 19.5 Å². The molecule has 6 nitrogen and oxygen atoms in total. The number of fused-ring (bicyclic) bond motifs is 2. The molecule has 1 aromatic carbocycles. The fourth-order valence-corrected chi connectivity index (χ4v) is 3.61. The molecule has 2 aromatic rings. The van der Waals surface area contributed by atoms with Gasteiger partial charge in [0.2, 0.25) is 5.91 Å². The molecule has 0 radical (unpaired) electrons. The molecule has 0 aliphatic carbocycles. The van der Waals surface area contributed by atoms with Crippen LogP contribution in [0.25, 0.3) is 10.9 Å². The molecule has 3 heterocycles. The quantitative estimate of drug-likeness (QED) is 0.833. The van der Waals surface area contributed by atoms with Crippen molar-refractivity contribution in [2.45, 2.75) is 6.04 Å². The molecule has 2 amide bonds. The highest BCUT2D eigenvalue weighted by Gasteiger charge is 2.36. The summed E-state index contributed by atoms with van der Waals surface area (Å²) in [6.07, 6.45) is 0. The Morgan fingerprint density at radius 3 is 2.92 bits per heavy atom. The molecule has 2 aliphatic rings. The van der Waals surface area contributed by atoms with Crippen LogP contribution in [0.2, 0.25) is 5.02 Å². The average Bonchev–Trinajstić information content (AvgIpc) is 2.95. The third-order valence-electron chi connectivity index (χ3n) is 4.63. The SMILES string of the molecule is O=C(c1[nH]c2ccc(F)c(Cl)c2c1F)N1CCN2C(=O)COCC2C1. The highest BCUT2D eigenvalue weighted by atomic mass is 35.5. The molecule has 1 N–H and O–H groups in total. The van der Waals surface area contributed by atoms with Crippen LogP contribution in [0.3, 0.4) is 0 Å². The first-order valence-corrected chi connectivity index (χ1v) is 8.17. The van der Waals surface area contributed by atoms with E-state index in [0.717, 1.165) is 6.07 Å². The second kappa shape index (κ2) is 5.96. The number of nitrogens with zero attached hydrogens (tertiary/aromatic N) is 2. The summed E-state index contributed by atoms with van der Waals surface area (Å²) in [4.78, 5) is 30.3. The number of halogens is 3. The van der Waals surface area contributed by atoms with Crippen LogP contribution in [-0.2, 0) is 9.53 Å². The Bertz CT molecular complexity index is 885. The Kier molecular flexibility index (Phi) is 3.88. The summed E-state index contributed by atoms with van der Waals surface area (Å²) in [5.74, 6) is -2.29. The van der Waals surface area contributed by atoms with E-state index in [4.69, 9.17) is 16.3 Å². The van der Waals surface area contributed by atoms with E-state index in [2.05, 4.69) is 4.98 Å². The van der Waals surface area contributed by atoms with Crippen molar-refractivity contribution in [3.63, 3.8) is 0 Å². The van der Waals surface area contributed by atoms with Crippen LogP contribution in [0.5, 0.6) is 0 Å². The van der Waals surface area contributed by atoms with Gasteiger partial charge in [0.1, 0.15) is 18.1 Å². The van der Waals surface area contributed by atoms with Crippen LogP contribution >= 0.6 is 11.6 Å². The molecule has 0 bridgehead atoms. The number of ether oxygens (including phenoxy) is 1. The molecule has 9 heteroatoms. The van der Waals surface area contributed by atoms with Crippen LogP contribution in [0, 0.1) is 11.6 Å². The monoisotopic (exact) mass is 369 g/mol. The van der Waals surface area contributed by atoms with Gasteiger partial charge in [0, 0.05) is 19.6 Å². The highest BCUT2D eigenvalue weighted by molar-refractivity contribution is 6.35. The Morgan fingerprint density at radius 2 is 2.12 bits per heavy atom. The first-order valence-electron chi connectivity index (χ1n) is 7.79. The van der Waals surface area contributed by atoms with Crippen molar-refractivity contribution in [1.82, 2.24) is 14.8 Å². The molecule has 0 spiro atoms. The number of aromatic nitrogens is 1. The fraction of sp³-hybridized carbons (Fsp3) is 0.375. The smallest absolute Gasteiger partial charge is 0.273 e. The summed E-state index contributed by atoms with van der Waals surface area (Å²) < 4.78 is 33.4. The van der Waals surface area contributed by atoms with E-state index in [1.165, 1.54) is 11.0 Å². The van der Waals surface area contributed by atoms with Crippen LogP contribution in [0.4, 0.5) is 8.78 Å². The zero-order chi connectivity index (χ0) is 17.7. The number of carbonyl (C=O) groups is 2. The summed E-state index contributed by atoms with van der Waals surface area (Å²) in [5, 5.41) is -0.499. The molecule has 0 saturated carbocycles. The van der Waals surface area contributed by atoms with E-state index >= 15 is 0 Å². The topological polar surface area (TPSA) is 65.6 Å². The minimum atomic E-state index is -0.872. The lowest BCUT2D eigenvalue weighted by atomic mass is 10.1.